The molecule has 0 fully saturated rings. The SMILES string of the molecule is [CH3][Zr+2]([CH3])=[SiH2].[Cl-].[Cl-]. The van der Waals surface area contributed by atoms with Crippen LogP contribution in [0.4, 0.5) is 0 Å². The third-order valence-corrected chi connectivity index (χ3v) is 0. The van der Waals surface area contributed by atoms with E-state index in [0.29, 0.717) is 0 Å². The van der Waals surface area contributed by atoms with Gasteiger partial charge in [0.25, 0.3) is 0 Å². The molecule has 0 aromatic carbocycles. The molecule has 0 N–H and O–H groups in total. The van der Waals surface area contributed by atoms with E-state index < -0.39 is 20.4 Å². The molecular formula is C2H8Cl2SiZr. The summed E-state index contributed by atoms with van der Waals surface area (Å²) in [5.74, 6) is 0. The molecule has 0 aliphatic carbocycles. The minimum atomic E-state index is -0.516. The van der Waals surface area contributed by atoms with Gasteiger partial charge in [0.15, 0.2) is 0 Å². The van der Waals surface area contributed by atoms with Gasteiger partial charge in [0.2, 0.25) is 0 Å². The van der Waals surface area contributed by atoms with E-state index in [4.69, 9.17) is 0 Å². The molecule has 4 heteroatoms. The number of hydrogen-bond acceptors (Lipinski definition) is 0. The van der Waals surface area contributed by atoms with Crippen molar-refractivity contribution in [3.05, 3.63) is 0 Å². The Morgan fingerprint density at radius 2 is 1.17 bits per heavy atom. The van der Waals surface area contributed by atoms with E-state index in [2.05, 4.69) is 16.1 Å². The van der Waals surface area contributed by atoms with E-state index in [1.54, 1.807) is 0 Å². The van der Waals surface area contributed by atoms with Gasteiger partial charge in [0, 0.05) is 0 Å². The van der Waals surface area contributed by atoms with Gasteiger partial charge in [0.05, 0.1) is 0 Å². The van der Waals surface area contributed by atoms with Crippen molar-refractivity contribution < 1.29 is 45.2 Å². The molecule has 38 valence electrons. The van der Waals surface area contributed by atoms with E-state index >= 15 is 0 Å². The first-order chi connectivity index (χ1) is 1.73. The van der Waals surface area contributed by atoms with Crippen LogP contribution in [0.15, 0.2) is 0 Å². The third kappa shape index (κ3) is 44.1. The Morgan fingerprint density at radius 1 is 1.17 bits per heavy atom. The summed E-state index contributed by atoms with van der Waals surface area (Å²) in [7, 11) is 0. The Morgan fingerprint density at radius 3 is 1.17 bits per heavy atom. The Bertz CT molecular complexity index is 34.5. The van der Waals surface area contributed by atoms with E-state index in [-0.39, 0.29) is 24.8 Å². The third-order valence-electron chi connectivity index (χ3n) is 0. The fourth-order valence-corrected chi connectivity index (χ4v) is 0. The predicted molar refractivity (Wildman–Crippen MR) is 20.3 cm³/mol. The van der Waals surface area contributed by atoms with Crippen LogP contribution in [0.1, 0.15) is 0 Å². The van der Waals surface area contributed by atoms with Crippen molar-refractivity contribution in [1.82, 2.24) is 0 Å². The second-order valence-corrected chi connectivity index (χ2v) is 15.5. The van der Waals surface area contributed by atoms with E-state index in [1.807, 2.05) is 0 Å². The molecular weight excluding hydrogens is 214 g/mol. The second kappa shape index (κ2) is 9.84. The molecule has 0 radical (unpaired) electrons. The molecule has 0 spiro atoms. The maximum Gasteiger partial charge on any atom is -1.00 e. The Balaban J connectivity index is -0.0000000450. The van der Waals surface area contributed by atoms with Crippen LogP contribution in [-0.2, 0) is 20.4 Å². The summed E-state index contributed by atoms with van der Waals surface area (Å²) in [5, 5.41) is 0. The van der Waals surface area contributed by atoms with Gasteiger partial charge in [-0.15, -0.1) is 0 Å². The molecule has 0 rings (SSSR count). The number of hydrogen-bond donors (Lipinski definition) is 0. The molecule has 0 aliphatic heterocycles. The molecule has 0 heterocycles. The summed E-state index contributed by atoms with van der Waals surface area (Å²) >= 11 is -0.516. The quantitative estimate of drug-likeness (QED) is 0.358. The zero-order valence-corrected chi connectivity index (χ0v) is 9.35. The number of rotatable bonds is 0. The standard InChI is InChI=1S/2CH3.2ClH.H2Si.Zr/h2*1H3;2*1H;1H2;/q;;;;;+2/p-2. The van der Waals surface area contributed by atoms with E-state index in [1.165, 1.54) is 0 Å². The topological polar surface area (TPSA) is 0 Å². The van der Waals surface area contributed by atoms with Crippen LogP contribution in [-0.4, -0.2) is 6.88 Å². The Labute approximate surface area is 60.9 Å². The molecule has 0 aromatic rings. The van der Waals surface area contributed by atoms with Crippen LogP contribution in [0.3, 0.4) is 0 Å². The van der Waals surface area contributed by atoms with Crippen molar-refractivity contribution in [2.75, 3.05) is 0 Å². The molecule has 0 saturated heterocycles. The molecule has 0 amide bonds. The summed E-state index contributed by atoms with van der Waals surface area (Å²) in [6.07, 6.45) is 0. The van der Waals surface area contributed by atoms with Crippen molar-refractivity contribution in [3.8, 4) is 0 Å². The van der Waals surface area contributed by atoms with Crippen LogP contribution in [0.5, 0.6) is 0 Å². The van der Waals surface area contributed by atoms with Crippen molar-refractivity contribution in [2.24, 2.45) is 0 Å². The van der Waals surface area contributed by atoms with Crippen molar-refractivity contribution >= 4 is 6.88 Å². The normalized spacial score (nSPS) is 2.83. The van der Waals surface area contributed by atoms with Gasteiger partial charge in [0.1, 0.15) is 0 Å². The predicted octanol–water partition coefficient (Wildman–Crippen LogP) is -5.74. The second-order valence-electron chi connectivity index (χ2n) is 1.21. The van der Waals surface area contributed by atoms with Gasteiger partial charge < -0.3 is 24.8 Å². The van der Waals surface area contributed by atoms with Crippen molar-refractivity contribution in [2.45, 2.75) is 9.26 Å². The largest absolute Gasteiger partial charge is 1.00 e. The summed E-state index contributed by atoms with van der Waals surface area (Å²) < 4.78 is 4.75. The van der Waals surface area contributed by atoms with Crippen molar-refractivity contribution in [1.29, 1.82) is 0 Å². The van der Waals surface area contributed by atoms with Gasteiger partial charge in [-0.25, -0.2) is 0 Å². The molecule has 0 atom stereocenters. The smallest absolute Gasteiger partial charge is 1.00 e. The summed E-state index contributed by atoms with van der Waals surface area (Å²) in [6.45, 7) is 2.20. The Kier molecular flexibility index (Phi) is 25.7. The monoisotopic (exact) mass is 220 g/mol. The molecule has 0 bridgehead atoms. The first kappa shape index (κ1) is 15.6. The van der Waals surface area contributed by atoms with Gasteiger partial charge >= 0.3 is 36.5 Å². The van der Waals surface area contributed by atoms with Gasteiger partial charge in [-0.1, -0.05) is 0 Å². The fourth-order valence-electron chi connectivity index (χ4n) is 0. The van der Waals surface area contributed by atoms with Crippen LogP contribution >= 0.6 is 0 Å². The van der Waals surface area contributed by atoms with E-state index in [9.17, 15) is 0 Å². The van der Waals surface area contributed by atoms with Crippen molar-refractivity contribution in [3.63, 3.8) is 0 Å². The fraction of sp³-hybridized carbons (Fsp3) is 1.00. The zero-order valence-electron chi connectivity index (χ0n) is 3.96. The Hall–Kier alpha value is 1.68. The summed E-state index contributed by atoms with van der Waals surface area (Å²) in [6, 6.07) is 0. The van der Waals surface area contributed by atoms with Gasteiger partial charge in [-0.2, -0.15) is 0 Å². The maximum atomic E-state index is 2.38. The molecule has 0 aromatic heterocycles. The summed E-state index contributed by atoms with van der Waals surface area (Å²) in [4.78, 5) is 0. The molecule has 0 unspecified atom stereocenters. The minimum absolute atomic E-state index is 0. The van der Waals surface area contributed by atoms with Crippen LogP contribution < -0.4 is 24.8 Å². The zero-order chi connectivity index (χ0) is 3.58. The van der Waals surface area contributed by atoms with Gasteiger partial charge in [-0.3, -0.25) is 0 Å². The maximum absolute atomic E-state index is 2.38. The first-order valence-corrected chi connectivity index (χ1v) is 12.2. The van der Waals surface area contributed by atoms with E-state index in [0.717, 1.165) is 0 Å². The average molecular weight is 222 g/mol. The average Bonchev–Trinajstić information content (AvgIpc) is 0.811. The summed E-state index contributed by atoms with van der Waals surface area (Å²) in [5.41, 5.74) is 0. The van der Waals surface area contributed by atoms with Crippen LogP contribution in [0, 0.1) is 0 Å². The van der Waals surface area contributed by atoms with Gasteiger partial charge in [-0.05, 0) is 0 Å². The number of halogens is 2. The van der Waals surface area contributed by atoms with Crippen LogP contribution in [0.25, 0.3) is 0 Å². The molecule has 0 nitrogen and oxygen atoms in total. The minimum Gasteiger partial charge on any atom is -1.00 e. The first-order valence-electron chi connectivity index (χ1n) is 1.35. The molecule has 0 saturated carbocycles. The van der Waals surface area contributed by atoms with Crippen LogP contribution in [0.2, 0.25) is 9.26 Å². The molecule has 6 heavy (non-hydrogen) atoms. The molecule has 0 aliphatic rings.